The lowest BCUT2D eigenvalue weighted by Gasteiger charge is -2.15. The second-order valence-corrected chi connectivity index (χ2v) is 5.38. The third-order valence-electron chi connectivity index (χ3n) is 3.13. The highest BCUT2D eigenvalue weighted by atomic mass is 32.2. The molecule has 2 unspecified atom stereocenters. The fourth-order valence-corrected chi connectivity index (χ4v) is 2.99. The van der Waals surface area contributed by atoms with Crippen molar-refractivity contribution < 1.29 is 9.90 Å². The maximum atomic E-state index is 11.0. The van der Waals surface area contributed by atoms with Crippen LogP contribution in [0.2, 0.25) is 0 Å². The van der Waals surface area contributed by atoms with Crippen molar-refractivity contribution in [2.24, 2.45) is 0 Å². The van der Waals surface area contributed by atoms with Gasteiger partial charge in [0.15, 0.2) is 0 Å². The van der Waals surface area contributed by atoms with E-state index in [4.69, 9.17) is 5.11 Å². The van der Waals surface area contributed by atoms with Crippen molar-refractivity contribution in [3.8, 4) is 0 Å². The minimum absolute atomic E-state index is 0.250. The summed E-state index contributed by atoms with van der Waals surface area (Å²) in [4.78, 5) is 14.9. The molecule has 5 heteroatoms. The average molecular weight is 252 g/mol. The molecule has 0 spiro atoms. The van der Waals surface area contributed by atoms with E-state index in [-0.39, 0.29) is 5.56 Å². The van der Waals surface area contributed by atoms with Crippen LogP contribution in [0, 0.1) is 0 Å². The van der Waals surface area contributed by atoms with Crippen LogP contribution in [0.3, 0.4) is 0 Å². The predicted octanol–water partition coefficient (Wildman–Crippen LogP) is 2.48. The van der Waals surface area contributed by atoms with Gasteiger partial charge in [-0.1, -0.05) is 0 Å². The van der Waals surface area contributed by atoms with Crippen LogP contribution in [-0.4, -0.2) is 33.6 Å². The van der Waals surface area contributed by atoms with Gasteiger partial charge >= 0.3 is 5.97 Å². The van der Waals surface area contributed by atoms with Crippen LogP contribution in [-0.2, 0) is 0 Å². The van der Waals surface area contributed by atoms with Gasteiger partial charge in [-0.2, -0.15) is 11.8 Å². The summed E-state index contributed by atoms with van der Waals surface area (Å²) in [6.45, 7) is 0. The van der Waals surface area contributed by atoms with Crippen molar-refractivity contribution in [1.29, 1.82) is 0 Å². The van der Waals surface area contributed by atoms with E-state index in [0.29, 0.717) is 17.0 Å². The molecule has 0 amide bonds. The first-order valence-electron chi connectivity index (χ1n) is 5.67. The van der Waals surface area contributed by atoms with E-state index in [0.717, 1.165) is 12.8 Å². The Kier molecular flexibility index (Phi) is 3.89. The van der Waals surface area contributed by atoms with Crippen molar-refractivity contribution in [3.05, 3.63) is 24.0 Å². The van der Waals surface area contributed by atoms with E-state index >= 15 is 0 Å². The smallest absolute Gasteiger partial charge is 0.339 e. The third kappa shape index (κ3) is 2.91. The van der Waals surface area contributed by atoms with E-state index in [1.54, 1.807) is 12.3 Å². The summed E-state index contributed by atoms with van der Waals surface area (Å²) in [6.07, 6.45) is 8.55. The summed E-state index contributed by atoms with van der Waals surface area (Å²) in [5.74, 6) is -0.931. The number of anilines is 1. The summed E-state index contributed by atoms with van der Waals surface area (Å²) in [6, 6.07) is 2.11. The number of thioether (sulfide) groups is 1. The van der Waals surface area contributed by atoms with Gasteiger partial charge in [0.1, 0.15) is 5.56 Å². The van der Waals surface area contributed by atoms with Crippen LogP contribution in [0.15, 0.2) is 18.5 Å². The topological polar surface area (TPSA) is 62.2 Å². The molecular weight excluding hydrogens is 236 g/mol. The molecule has 92 valence electrons. The number of aromatic nitrogens is 1. The molecule has 2 rings (SSSR count). The highest BCUT2D eigenvalue weighted by Crippen LogP contribution is 2.30. The molecule has 0 radical (unpaired) electrons. The van der Waals surface area contributed by atoms with Gasteiger partial charge in [0.2, 0.25) is 0 Å². The highest BCUT2D eigenvalue weighted by molar-refractivity contribution is 7.99. The first kappa shape index (κ1) is 12.2. The number of carbonyl (C=O) groups is 1. The molecule has 1 aliphatic rings. The van der Waals surface area contributed by atoms with Gasteiger partial charge in [-0.15, -0.1) is 0 Å². The number of carboxylic acids is 1. The summed E-state index contributed by atoms with van der Waals surface area (Å²) >= 11 is 1.89. The van der Waals surface area contributed by atoms with E-state index < -0.39 is 5.97 Å². The number of pyridine rings is 1. The molecule has 1 aromatic rings. The summed E-state index contributed by atoms with van der Waals surface area (Å²) in [7, 11) is 0. The van der Waals surface area contributed by atoms with E-state index in [9.17, 15) is 4.79 Å². The Hall–Kier alpha value is -1.23. The Morgan fingerprint density at radius 1 is 1.59 bits per heavy atom. The van der Waals surface area contributed by atoms with E-state index in [2.05, 4.69) is 16.6 Å². The number of nitrogens with zero attached hydrogens (tertiary/aromatic N) is 1. The van der Waals surface area contributed by atoms with Gasteiger partial charge in [-0.3, -0.25) is 4.98 Å². The Morgan fingerprint density at radius 3 is 3.06 bits per heavy atom. The molecule has 17 heavy (non-hydrogen) atoms. The lowest BCUT2D eigenvalue weighted by Crippen LogP contribution is -2.18. The summed E-state index contributed by atoms with van der Waals surface area (Å²) in [5, 5.41) is 13.1. The van der Waals surface area contributed by atoms with Gasteiger partial charge < -0.3 is 10.4 Å². The van der Waals surface area contributed by atoms with E-state index in [1.807, 2.05) is 11.8 Å². The molecule has 1 aliphatic carbocycles. The molecule has 0 saturated heterocycles. The number of hydrogen-bond donors (Lipinski definition) is 2. The van der Waals surface area contributed by atoms with Crippen LogP contribution in [0.5, 0.6) is 0 Å². The van der Waals surface area contributed by atoms with Crippen LogP contribution >= 0.6 is 11.8 Å². The Balaban J connectivity index is 2.06. The summed E-state index contributed by atoms with van der Waals surface area (Å²) in [5.41, 5.74) is 0.930. The Morgan fingerprint density at radius 2 is 2.41 bits per heavy atom. The fraction of sp³-hybridized carbons (Fsp3) is 0.500. The number of carboxylic acid groups (broad SMARTS) is 1. The van der Waals surface area contributed by atoms with Crippen molar-refractivity contribution in [3.63, 3.8) is 0 Å². The quantitative estimate of drug-likeness (QED) is 0.862. The first-order chi connectivity index (χ1) is 8.20. The Labute approximate surface area is 105 Å². The molecule has 1 saturated carbocycles. The van der Waals surface area contributed by atoms with Gasteiger partial charge in [0.05, 0.1) is 5.69 Å². The van der Waals surface area contributed by atoms with Crippen molar-refractivity contribution in [2.75, 3.05) is 11.6 Å². The molecule has 0 aromatic carbocycles. The minimum Gasteiger partial charge on any atom is -0.478 e. The van der Waals surface area contributed by atoms with Crippen LogP contribution in [0.25, 0.3) is 0 Å². The lowest BCUT2D eigenvalue weighted by atomic mass is 10.2. The number of rotatable bonds is 4. The monoisotopic (exact) mass is 252 g/mol. The average Bonchev–Trinajstić information content (AvgIpc) is 2.77. The van der Waals surface area contributed by atoms with Crippen LogP contribution in [0.1, 0.15) is 29.6 Å². The molecule has 1 heterocycles. The predicted molar refractivity (Wildman–Crippen MR) is 69.8 cm³/mol. The molecule has 2 N–H and O–H groups in total. The SMILES string of the molecule is CSC1CCC(Nc2ccncc2C(=O)O)C1. The van der Waals surface area contributed by atoms with Crippen LogP contribution in [0.4, 0.5) is 5.69 Å². The first-order valence-corrected chi connectivity index (χ1v) is 6.96. The molecule has 0 aliphatic heterocycles. The second kappa shape index (κ2) is 5.40. The second-order valence-electron chi connectivity index (χ2n) is 4.24. The zero-order valence-electron chi connectivity index (χ0n) is 9.72. The van der Waals surface area contributed by atoms with Gasteiger partial charge in [-0.05, 0) is 31.6 Å². The largest absolute Gasteiger partial charge is 0.478 e. The summed E-state index contributed by atoms with van der Waals surface area (Å²) < 4.78 is 0. The van der Waals surface area contributed by atoms with Crippen molar-refractivity contribution in [1.82, 2.24) is 4.98 Å². The maximum Gasteiger partial charge on any atom is 0.339 e. The fourth-order valence-electron chi connectivity index (χ4n) is 2.20. The van der Waals surface area contributed by atoms with Gasteiger partial charge in [0, 0.05) is 23.7 Å². The molecule has 4 nitrogen and oxygen atoms in total. The number of aromatic carboxylic acids is 1. The maximum absolute atomic E-state index is 11.0. The standard InChI is InChI=1S/C12H16N2O2S/c1-17-9-3-2-8(6-9)14-11-4-5-13-7-10(11)12(15)16/h4-5,7-9H,2-3,6H2,1H3,(H,13,14)(H,15,16). The van der Waals surface area contributed by atoms with Crippen LogP contribution < -0.4 is 5.32 Å². The normalized spacial score (nSPS) is 23.6. The third-order valence-corrected chi connectivity index (χ3v) is 4.22. The molecule has 2 atom stereocenters. The van der Waals surface area contributed by atoms with Crippen molar-refractivity contribution in [2.45, 2.75) is 30.6 Å². The van der Waals surface area contributed by atoms with Gasteiger partial charge in [0.25, 0.3) is 0 Å². The highest BCUT2D eigenvalue weighted by Gasteiger charge is 2.24. The zero-order valence-corrected chi connectivity index (χ0v) is 10.5. The minimum atomic E-state index is -0.931. The number of nitrogens with one attached hydrogen (secondary N) is 1. The lowest BCUT2D eigenvalue weighted by molar-refractivity contribution is 0.0697. The molecular formula is C12H16N2O2S. The van der Waals surface area contributed by atoms with Crippen molar-refractivity contribution >= 4 is 23.4 Å². The van der Waals surface area contributed by atoms with E-state index in [1.165, 1.54) is 12.6 Å². The molecule has 0 bridgehead atoms. The molecule has 1 fully saturated rings. The zero-order chi connectivity index (χ0) is 12.3. The van der Waals surface area contributed by atoms with Gasteiger partial charge in [-0.25, -0.2) is 4.79 Å². The Bertz CT molecular complexity index is 411. The molecule has 1 aromatic heterocycles. The number of hydrogen-bond acceptors (Lipinski definition) is 4.